The summed E-state index contributed by atoms with van der Waals surface area (Å²) >= 11 is 0. The van der Waals surface area contributed by atoms with E-state index in [1.165, 1.54) is 0 Å². The predicted octanol–water partition coefficient (Wildman–Crippen LogP) is 2.00. The van der Waals surface area contributed by atoms with Gasteiger partial charge in [-0.3, -0.25) is 4.79 Å². The van der Waals surface area contributed by atoms with Crippen LogP contribution in [0.2, 0.25) is 0 Å². The number of rotatable bonds is 5. The lowest BCUT2D eigenvalue weighted by Gasteiger charge is -2.23. The van der Waals surface area contributed by atoms with E-state index in [0.29, 0.717) is 0 Å². The van der Waals surface area contributed by atoms with Crippen LogP contribution in [0.5, 0.6) is 0 Å². The fourth-order valence-corrected chi connectivity index (χ4v) is 2.34. The average Bonchev–Trinajstić information content (AvgIpc) is 3.07. The third-order valence-electron chi connectivity index (χ3n) is 3.55. The lowest BCUT2D eigenvalue weighted by atomic mass is 10.00. The minimum absolute atomic E-state index is 0.0314. The second-order valence-corrected chi connectivity index (χ2v) is 5.64. The Morgan fingerprint density at radius 3 is 2.44 bits per heavy atom. The van der Waals surface area contributed by atoms with E-state index in [2.05, 4.69) is 10.2 Å². The first-order valence-corrected chi connectivity index (χ1v) is 6.54. The average molecular weight is 246 g/mol. The van der Waals surface area contributed by atoms with E-state index in [1.54, 1.807) is 0 Å². The third kappa shape index (κ3) is 3.10. The predicted molar refractivity (Wildman–Crippen MR) is 73.5 cm³/mol. The maximum atomic E-state index is 12.3. The molecule has 1 aromatic rings. The normalized spacial score (nSPS) is 18.4. The molecule has 0 radical (unpaired) electrons. The van der Waals surface area contributed by atoms with Gasteiger partial charge < -0.3 is 10.2 Å². The van der Waals surface area contributed by atoms with Crippen LogP contribution >= 0.6 is 0 Å². The summed E-state index contributed by atoms with van der Waals surface area (Å²) in [4.78, 5) is 14.4. The van der Waals surface area contributed by atoms with Gasteiger partial charge in [-0.05, 0) is 39.4 Å². The summed E-state index contributed by atoms with van der Waals surface area (Å²) in [6.07, 6.45) is 2.19. The van der Waals surface area contributed by atoms with Crippen LogP contribution in [0.15, 0.2) is 30.3 Å². The lowest BCUT2D eigenvalue weighted by molar-refractivity contribution is -0.123. The largest absolute Gasteiger partial charge is 0.349 e. The molecule has 98 valence electrons. The first kappa shape index (κ1) is 13.1. The Bertz CT molecular complexity index is 410. The minimum Gasteiger partial charge on any atom is -0.349 e. The molecule has 2 rings (SSSR count). The summed E-state index contributed by atoms with van der Waals surface area (Å²) in [6, 6.07) is 9.95. The number of benzene rings is 1. The highest BCUT2D eigenvalue weighted by atomic mass is 16.2. The molecule has 0 unspecified atom stereocenters. The van der Waals surface area contributed by atoms with Gasteiger partial charge in [-0.15, -0.1) is 0 Å². The minimum atomic E-state index is -0.0779. The Morgan fingerprint density at radius 1 is 1.33 bits per heavy atom. The number of amides is 1. The molecular weight excluding hydrogens is 224 g/mol. The number of nitrogens with zero attached hydrogens (tertiary/aromatic N) is 1. The van der Waals surface area contributed by atoms with Crippen molar-refractivity contribution in [1.29, 1.82) is 0 Å². The van der Waals surface area contributed by atoms with Gasteiger partial charge in [-0.25, -0.2) is 0 Å². The number of hydrogen-bond acceptors (Lipinski definition) is 2. The molecule has 1 amide bonds. The van der Waals surface area contributed by atoms with Crippen molar-refractivity contribution >= 4 is 5.91 Å². The van der Waals surface area contributed by atoms with Gasteiger partial charge in [0.25, 0.3) is 0 Å². The highest BCUT2D eigenvalue weighted by Crippen LogP contribution is 2.36. The van der Waals surface area contributed by atoms with Gasteiger partial charge in [0.1, 0.15) is 0 Å². The summed E-state index contributed by atoms with van der Waals surface area (Å²) in [5.41, 5.74) is 1.11. The molecule has 0 bridgehead atoms. The number of carbonyl (C=O) groups excluding carboxylic acids is 1. The van der Waals surface area contributed by atoms with Crippen molar-refractivity contribution in [2.75, 3.05) is 20.6 Å². The number of likely N-dealkylation sites (N-methyl/N-ethyl adjacent to an activating group) is 1. The first-order chi connectivity index (χ1) is 8.52. The van der Waals surface area contributed by atoms with Crippen LogP contribution in [0.1, 0.15) is 31.2 Å². The van der Waals surface area contributed by atoms with E-state index in [9.17, 15) is 4.79 Å². The molecule has 18 heavy (non-hydrogen) atoms. The van der Waals surface area contributed by atoms with Crippen molar-refractivity contribution in [3.05, 3.63) is 35.9 Å². The SMILES string of the molecule is C[C@@H](C(=O)NC1(CN(C)C)CC1)c1ccccc1. The highest BCUT2D eigenvalue weighted by molar-refractivity contribution is 5.84. The maximum absolute atomic E-state index is 12.3. The molecule has 1 aliphatic carbocycles. The van der Waals surface area contributed by atoms with Gasteiger partial charge in [-0.1, -0.05) is 30.3 Å². The van der Waals surface area contributed by atoms with Crippen LogP contribution < -0.4 is 5.32 Å². The Morgan fingerprint density at radius 2 is 1.94 bits per heavy atom. The van der Waals surface area contributed by atoms with Crippen LogP contribution in [0.3, 0.4) is 0 Å². The monoisotopic (exact) mass is 246 g/mol. The summed E-state index contributed by atoms with van der Waals surface area (Å²) < 4.78 is 0. The zero-order valence-corrected chi connectivity index (χ0v) is 11.4. The zero-order valence-electron chi connectivity index (χ0n) is 11.4. The Kier molecular flexibility index (Phi) is 3.71. The Balaban J connectivity index is 1.96. The molecule has 0 aromatic heterocycles. The standard InChI is InChI=1S/C15H22N2O/c1-12(13-7-5-4-6-8-13)14(18)16-15(9-10-15)11-17(2)3/h4-8,12H,9-11H2,1-3H3,(H,16,18)/t12-/m1/s1. The molecule has 0 saturated heterocycles. The van der Waals surface area contributed by atoms with E-state index in [1.807, 2.05) is 51.4 Å². The fourth-order valence-electron chi connectivity index (χ4n) is 2.34. The molecule has 1 aromatic carbocycles. The Hall–Kier alpha value is -1.35. The topological polar surface area (TPSA) is 32.3 Å². The van der Waals surface area contributed by atoms with Crippen molar-refractivity contribution in [1.82, 2.24) is 10.2 Å². The molecule has 3 heteroatoms. The van der Waals surface area contributed by atoms with E-state index < -0.39 is 0 Å². The molecule has 3 nitrogen and oxygen atoms in total. The lowest BCUT2D eigenvalue weighted by Crippen LogP contribution is -2.45. The fraction of sp³-hybridized carbons (Fsp3) is 0.533. The quantitative estimate of drug-likeness (QED) is 0.862. The second-order valence-electron chi connectivity index (χ2n) is 5.64. The molecule has 1 saturated carbocycles. The van der Waals surface area contributed by atoms with Crippen molar-refractivity contribution in [2.45, 2.75) is 31.2 Å². The van der Waals surface area contributed by atoms with Gasteiger partial charge >= 0.3 is 0 Å². The highest BCUT2D eigenvalue weighted by Gasteiger charge is 2.44. The van der Waals surface area contributed by atoms with Crippen molar-refractivity contribution in [3.8, 4) is 0 Å². The smallest absolute Gasteiger partial charge is 0.227 e. The van der Waals surface area contributed by atoms with Gasteiger partial charge in [0.15, 0.2) is 0 Å². The van der Waals surface area contributed by atoms with Crippen LogP contribution in [0, 0.1) is 0 Å². The molecule has 1 N–H and O–H groups in total. The number of nitrogens with one attached hydrogen (secondary N) is 1. The van der Waals surface area contributed by atoms with Gasteiger partial charge in [0.05, 0.1) is 11.5 Å². The van der Waals surface area contributed by atoms with Crippen molar-refractivity contribution < 1.29 is 4.79 Å². The third-order valence-corrected chi connectivity index (χ3v) is 3.55. The van der Waals surface area contributed by atoms with Gasteiger partial charge in [0.2, 0.25) is 5.91 Å². The first-order valence-electron chi connectivity index (χ1n) is 6.54. The molecular formula is C15H22N2O. The summed E-state index contributed by atoms with van der Waals surface area (Å²) in [7, 11) is 4.10. The van der Waals surface area contributed by atoms with E-state index in [0.717, 1.165) is 24.9 Å². The number of hydrogen-bond donors (Lipinski definition) is 1. The molecule has 0 heterocycles. The Labute approximate surface area is 109 Å². The zero-order chi connectivity index (χ0) is 13.2. The second kappa shape index (κ2) is 5.11. The van der Waals surface area contributed by atoms with Crippen molar-refractivity contribution in [3.63, 3.8) is 0 Å². The summed E-state index contributed by atoms with van der Waals surface area (Å²) in [5, 5.41) is 3.22. The maximum Gasteiger partial charge on any atom is 0.227 e. The molecule has 1 aliphatic rings. The van der Waals surface area contributed by atoms with Crippen LogP contribution in [-0.2, 0) is 4.79 Å². The molecule has 0 spiro atoms. The van der Waals surface area contributed by atoms with Crippen LogP contribution in [0.25, 0.3) is 0 Å². The molecule has 1 atom stereocenters. The van der Waals surface area contributed by atoms with Gasteiger partial charge in [0, 0.05) is 6.54 Å². The molecule has 1 fully saturated rings. The van der Waals surface area contributed by atoms with Crippen LogP contribution in [0.4, 0.5) is 0 Å². The van der Waals surface area contributed by atoms with Crippen molar-refractivity contribution in [2.24, 2.45) is 0 Å². The molecule has 0 aliphatic heterocycles. The van der Waals surface area contributed by atoms with Gasteiger partial charge in [-0.2, -0.15) is 0 Å². The van der Waals surface area contributed by atoms with E-state index >= 15 is 0 Å². The van der Waals surface area contributed by atoms with E-state index in [4.69, 9.17) is 0 Å². The summed E-state index contributed by atoms with van der Waals surface area (Å²) in [6.45, 7) is 2.90. The van der Waals surface area contributed by atoms with Crippen LogP contribution in [-0.4, -0.2) is 37.0 Å². The number of carbonyl (C=O) groups is 1. The summed E-state index contributed by atoms with van der Waals surface area (Å²) in [5.74, 6) is 0.0615. The van der Waals surface area contributed by atoms with E-state index in [-0.39, 0.29) is 17.4 Å².